The van der Waals surface area contributed by atoms with Gasteiger partial charge in [0.2, 0.25) is 5.91 Å². The maximum Gasteiger partial charge on any atom is 0.220 e. The second kappa shape index (κ2) is 67.1. The number of hydrogen-bond donors (Lipinski definition) is 12. The van der Waals surface area contributed by atoms with Gasteiger partial charge in [0.1, 0.15) is 73.2 Å². The fourth-order valence-electron chi connectivity index (χ4n) is 15.5. The third-order valence-electron chi connectivity index (χ3n) is 22.6. The highest BCUT2D eigenvalue weighted by Gasteiger charge is 2.54. The van der Waals surface area contributed by atoms with Gasteiger partial charge in [0.25, 0.3) is 0 Å². The number of nitrogens with one attached hydrogen (secondary N) is 1. The number of aliphatic hydroxyl groups excluding tert-OH is 11. The molecule has 622 valence electrons. The van der Waals surface area contributed by atoms with Crippen molar-refractivity contribution in [3.63, 3.8) is 0 Å². The van der Waals surface area contributed by atoms with E-state index >= 15 is 0 Å². The number of carbonyl (C=O) groups excluding carboxylic acids is 1. The first kappa shape index (κ1) is 97.7. The molecular weight excluding hydrogens is 1330 g/mol. The first-order chi connectivity index (χ1) is 51.3. The van der Waals surface area contributed by atoms with Crippen LogP contribution in [0.25, 0.3) is 0 Å². The van der Waals surface area contributed by atoms with Gasteiger partial charge in [0.05, 0.1) is 38.6 Å². The van der Waals surface area contributed by atoms with Crippen molar-refractivity contribution in [3.05, 3.63) is 12.2 Å². The van der Waals surface area contributed by atoms with E-state index < -0.39 is 124 Å². The van der Waals surface area contributed by atoms with E-state index in [1.807, 2.05) is 6.08 Å². The Morgan fingerprint density at radius 2 is 0.590 bits per heavy atom. The molecule has 1 amide bonds. The average molecular weight is 1500 g/mol. The molecule has 3 rings (SSSR count). The summed E-state index contributed by atoms with van der Waals surface area (Å²) >= 11 is 0. The van der Waals surface area contributed by atoms with Gasteiger partial charge in [-0.3, -0.25) is 4.79 Å². The van der Waals surface area contributed by atoms with Crippen molar-refractivity contribution in [2.24, 2.45) is 0 Å². The zero-order valence-electron chi connectivity index (χ0n) is 67.0. The highest BCUT2D eigenvalue weighted by Crippen LogP contribution is 2.34. The lowest BCUT2D eigenvalue weighted by Gasteiger charge is -2.48. The summed E-state index contributed by atoms with van der Waals surface area (Å²) in [6.07, 6.45) is 55.3. The molecule has 19 heteroatoms. The summed E-state index contributed by atoms with van der Waals surface area (Å²) in [4.78, 5) is 13.5. The first-order valence-electron chi connectivity index (χ1n) is 44.4. The molecule has 0 spiro atoms. The molecule has 3 aliphatic rings. The molecule has 105 heavy (non-hydrogen) atoms. The molecule has 12 N–H and O–H groups in total. The molecule has 3 fully saturated rings. The number of aliphatic hydroxyl groups is 11. The monoisotopic (exact) mass is 1500 g/mol. The third kappa shape index (κ3) is 46.3. The molecule has 0 aromatic heterocycles. The quantitative estimate of drug-likeness (QED) is 0.0199. The van der Waals surface area contributed by atoms with Crippen molar-refractivity contribution >= 4 is 5.91 Å². The minimum atomic E-state index is -1.98. The van der Waals surface area contributed by atoms with Gasteiger partial charge in [-0.2, -0.15) is 0 Å². The smallest absolute Gasteiger partial charge is 0.220 e. The Labute approximate surface area is 639 Å². The summed E-state index contributed by atoms with van der Waals surface area (Å²) in [5, 5.41) is 121. The SMILES string of the molecule is CCCCCCCCCCCCCCCCCCCC/C=C/C(O)C(COC1OC(CO)C(OC2OC(CO)C(OC3OC(CO)C(O)C(O)C3O)C(O)C2O)C(O)C1O)NC(=O)CCCCCCCCCCCCCCCCCCCCCCCCCCCCCCCCCCCCCCCCCC. The number of unbranched alkanes of at least 4 members (excludes halogenated alkanes) is 57. The minimum Gasteiger partial charge on any atom is -0.394 e. The van der Waals surface area contributed by atoms with Gasteiger partial charge >= 0.3 is 0 Å². The van der Waals surface area contributed by atoms with Crippen LogP contribution in [0.5, 0.6) is 0 Å². The Morgan fingerprint density at radius 1 is 0.333 bits per heavy atom. The standard InChI is InChI=1S/C86H165NO18/c1-3-5-7-9-11-13-15-17-19-21-23-25-26-27-28-29-30-31-32-33-34-35-36-37-38-39-40-41-42-43-44-46-48-50-52-54-56-58-60-62-64-74(92)87-69(70(91)63-61-59-57-55-53-51-49-47-45-24-22-20-18-16-14-12-10-8-6-4-2)68-100-84-80(98)77(95)82(72(66-89)102-84)105-86-81(99)78(96)83(73(67-90)103-86)104-85-79(97)76(94)75(93)71(65-88)101-85/h61,63,69-73,75-86,88-91,93-99H,3-60,62,64-68H2,1-2H3,(H,87,92)/b63-61+. The lowest BCUT2D eigenvalue weighted by atomic mass is 9.96. The molecule has 0 aromatic carbocycles. The Bertz CT molecular complexity index is 1940. The van der Waals surface area contributed by atoms with Crippen LogP contribution in [0, 0.1) is 0 Å². The van der Waals surface area contributed by atoms with Gasteiger partial charge in [-0.15, -0.1) is 0 Å². The van der Waals surface area contributed by atoms with Gasteiger partial charge in [0.15, 0.2) is 18.9 Å². The van der Waals surface area contributed by atoms with E-state index in [0.29, 0.717) is 6.42 Å². The zero-order valence-corrected chi connectivity index (χ0v) is 67.0. The van der Waals surface area contributed by atoms with Crippen molar-refractivity contribution in [1.82, 2.24) is 5.32 Å². The van der Waals surface area contributed by atoms with Crippen molar-refractivity contribution in [2.45, 2.75) is 503 Å². The summed E-state index contributed by atoms with van der Waals surface area (Å²) in [6.45, 7) is 1.81. The van der Waals surface area contributed by atoms with Crippen molar-refractivity contribution in [2.75, 3.05) is 26.4 Å². The Balaban J connectivity index is 1.28. The van der Waals surface area contributed by atoms with E-state index in [2.05, 4.69) is 19.2 Å². The summed E-state index contributed by atoms with van der Waals surface area (Å²) in [7, 11) is 0. The van der Waals surface area contributed by atoms with E-state index in [1.165, 1.54) is 327 Å². The predicted octanol–water partition coefficient (Wildman–Crippen LogP) is 16.3. The number of hydrogen-bond acceptors (Lipinski definition) is 18. The first-order valence-corrected chi connectivity index (χ1v) is 44.4. The van der Waals surface area contributed by atoms with Crippen LogP contribution < -0.4 is 5.32 Å². The van der Waals surface area contributed by atoms with Crippen LogP contribution in [0.15, 0.2) is 12.2 Å². The van der Waals surface area contributed by atoms with E-state index in [4.69, 9.17) is 28.4 Å². The average Bonchev–Trinajstić information content (AvgIpc) is 0.780. The highest BCUT2D eigenvalue weighted by molar-refractivity contribution is 5.76. The molecule has 0 saturated carbocycles. The lowest BCUT2D eigenvalue weighted by molar-refractivity contribution is -0.379. The topological polar surface area (TPSA) is 307 Å². The summed E-state index contributed by atoms with van der Waals surface area (Å²) in [6, 6.07) is -0.970. The highest BCUT2D eigenvalue weighted by atomic mass is 16.8. The summed E-state index contributed by atoms with van der Waals surface area (Å²) < 4.78 is 34.5. The second-order valence-corrected chi connectivity index (χ2v) is 32.1. The maximum atomic E-state index is 13.5. The number of carbonyl (C=O) groups is 1. The molecule has 17 unspecified atom stereocenters. The normalized spacial score (nSPS) is 25.7. The lowest BCUT2D eigenvalue weighted by Crippen LogP contribution is -2.66. The van der Waals surface area contributed by atoms with E-state index in [1.54, 1.807) is 6.08 Å². The number of amides is 1. The van der Waals surface area contributed by atoms with E-state index in [-0.39, 0.29) is 18.9 Å². The molecule has 17 atom stereocenters. The Hall–Kier alpha value is -1.47. The Kier molecular flexibility index (Phi) is 62.4. The molecule has 0 aliphatic carbocycles. The van der Waals surface area contributed by atoms with Crippen LogP contribution in [0.1, 0.15) is 399 Å². The molecule has 19 nitrogen and oxygen atoms in total. The molecule has 0 bridgehead atoms. The van der Waals surface area contributed by atoms with Gasteiger partial charge in [0, 0.05) is 6.42 Å². The molecule has 0 radical (unpaired) electrons. The molecule has 3 saturated heterocycles. The summed E-state index contributed by atoms with van der Waals surface area (Å²) in [5.41, 5.74) is 0. The van der Waals surface area contributed by atoms with Crippen molar-refractivity contribution in [1.29, 1.82) is 0 Å². The van der Waals surface area contributed by atoms with Crippen LogP contribution in [0.4, 0.5) is 0 Å². The Morgan fingerprint density at radius 3 is 0.895 bits per heavy atom. The molecule has 3 heterocycles. The molecule has 0 aromatic rings. The van der Waals surface area contributed by atoms with E-state index in [0.717, 1.165) is 44.9 Å². The van der Waals surface area contributed by atoms with Crippen LogP contribution in [0.2, 0.25) is 0 Å². The van der Waals surface area contributed by atoms with Gasteiger partial charge in [-0.05, 0) is 19.3 Å². The fourth-order valence-corrected chi connectivity index (χ4v) is 15.5. The number of allylic oxidation sites excluding steroid dienone is 1. The molecular formula is C86H165NO18. The van der Waals surface area contributed by atoms with Crippen molar-refractivity contribution < 1.29 is 89.4 Å². The maximum absolute atomic E-state index is 13.5. The molecule has 3 aliphatic heterocycles. The summed E-state index contributed by atoms with van der Waals surface area (Å²) in [5.74, 6) is -0.265. The van der Waals surface area contributed by atoms with Crippen LogP contribution >= 0.6 is 0 Å². The second-order valence-electron chi connectivity index (χ2n) is 32.1. The van der Waals surface area contributed by atoms with Crippen LogP contribution in [-0.2, 0) is 33.2 Å². The fraction of sp³-hybridized carbons (Fsp3) is 0.965. The van der Waals surface area contributed by atoms with Crippen LogP contribution in [-0.4, -0.2) is 193 Å². The largest absolute Gasteiger partial charge is 0.394 e. The number of rotatable bonds is 73. The van der Waals surface area contributed by atoms with Gasteiger partial charge < -0.3 is 89.9 Å². The zero-order chi connectivity index (χ0) is 76.0. The van der Waals surface area contributed by atoms with Crippen LogP contribution in [0.3, 0.4) is 0 Å². The van der Waals surface area contributed by atoms with E-state index in [9.17, 15) is 61.0 Å². The number of ether oxygens (including phenoxy) is 6. The predicted molar refractivity (Wildman–Crippen MR) is 420 cm³/mol. The van der Waals surface area contributed by atoms with Gasteiger partial charge in [-0.1, -0.05) is 386 Å². The minimum absolute atomic E-state index is 0.250. The third-order valence-corrected chi connectivity index (χ3v) is 22.6. The van der Waals surface area contributed by atoms with Crippen molar-refractivity contribution in [3.8, 4) is 0 Å². The van der Waals surface area contributed by atoms with Gasteiger partial charge in [-0.25, -0.2) is 0 Å².